The van der Waals surface area contributed by atoms with E-state index in [0.717, 1.165) is 43.1 Å². The summed E-state index contributed by atoms with van der Waals surface area (Å²) in [6, 6.07) is 7.84. The average Bonchev–Trinajstić information content (AvgIpc) is 2.70. The number of carbonyl (C=O) groups excluding carboxylic acids is 1. The van der Waals surface area contributed by atoms with Gasteiger partial charge in [0.05, 0.1) is 0 Å². The first kappa shape index (κ1) is 22.2. The molecule has 0 radical (unpaired) electrons. The summed E-state index contributed by atoms with van der Waals surface area (Å²) < 4.78 is 0. The predicted molar refractivity (Wildman–Crippen MR) is 117 cm³/mol. The van der Waals surface area contributed by atoms with Crippen molar-refractivity contribution >= 4 is 11.9 Å². The summed E-state index contributed by atoms with van der Waals surface area (Å²) in [5, 5.41) is 6.82. The first-order valence-electron chi connectivity index (χ1n) is 10.5. The number of rotatable bonds is 8. The molecule has 1 saturated heterocycles. The third kappa shape index (κ3) is 7.50. The number of piperidine rings is 1. The largest absolute Gasteiger partial charge is 0.356 e. The Morgan fingerprint density at radius 3 is 2.64 bits per heavy atom. The monoisotopic (exact) mass is 387 g/mol. The molecule has 0 bridgehead atoms. The minimum absolute atomic E-state index is 0.0370. The van der Waals surface area contributed by atoms with E-state index >= 15 is 0 Å². The van der Waals surface area contributed by atoms with E-state index in [4.69, 9.17) is 0 Å². The van der Waals surface area contributed by atoms with Crippen LogP contribution in [0.2, 0.25) is 0 Å². The Kier molecular flexibility index (Phi) is 9.28. The highest BCUT2D eigenvalue weighted by atomic mass is 16.2. The van der Waals surface area contributed by atoms with Gasteiger partial charge in [0.2, 0.25) is 0 Å². The van der Waals surface area contributed by atoms with Crippen LogP contribution in [0.25, 0.3) is 0 Å². The highest BCUT2D eigenvalue weighted by molar-refractivity contribution is 5.94. The second kappa shape index (κ2) is 11.7. The fraction of sp³-hybridized carbons (Fsp3) is 0.636. The molecular weight excluding hydrogens is 350 g/mol. The van der Waals surface area contributed by atoms with Crippen LogP contribution in [0, 0.1) is 5.92 Å². The standard InChI is InChI=1S/C22H37N5O/c1-18(17-27-13-6-5-7-14-27)16-25-22(23-2)24-12-11-19-9-8-10-20(15-19)21(28)26(3)4/h8-10,15,18H,5-7,11-14,16-17H2,1-4H3,(H2,23,24,25). The van der Waals surface area contributed by atoms with Crippen LogP contribution < -0.4 is 10.6 Å². The molecule has 2 N–H and O–H groups in total. The van der Waals surface area contributed by atoms with E-state index < -0.39 is 0 Å². The van der Waals surface area contributed by atoms with Crippen LogP contribution in [0.5, 0.6) is 0 Å². The van der Waals surface area contributed by atoms with Crippen LogP contribution in [0.3, 0.4) is 0 Å². The van der Waals surface area contributed by atoms with Gasteiger partial charge in [-0.1, -0.05) is 25.5 Å². The number of aliphatic imine (C=N–C) groups is 1. The molecule has 1 unspecified atom stereocenters. The van der Waals surface area contributed by atoms with Gasteiger partial charge in [-0.25, -0.2) is 0 Å². The van der Waals surface area contributed by atoms with Crippen molar-refractivity contribution < 1.29 is 4.79 Å². The molecular formula is C22H37N5O. The van der Waals surface area contributed by atoms with E-state index in [2.05, 4.69) is 33.5 Å². The molecule has 6 heteroatoms. The van der Waals surface area contributed by atoms with Crippen LogP contribution >= 0.6 is 0 Å². The number of hydrogen-bond donors (Lipinski definition) is 2. The van der Waals surface area contributed by atoms with Gasteiger partial charge in [-0.05, 0) is 56.0 Å². The van der Waals surface area contributed by atoms with E-state index in [0.29, 0.717) is 5.92 Å². The molecule has 28 heavy (non-hydrogen) atoms. The fourth-order valence-electron chi connectivity index (χ4n) is 3.58. The van der Waals surface area contributed by atoms with Crippen molar-refractivity contribution in [1.29, 1.82) is 0 Å². The Labute approximate surface area is 170 Å². The lowest BCUT2D eigenvalue weighted by Crippen LogP contribution is -2.43. The topological polar surface area (TPSA) is 60.0 Å². The lowest BCUT2D eigenvalue weighted by atomic mass is 10.1. The van der Waals surface area contributed by atoms with Crippen LogP contribution in [0.15, 0.2) is 29.3 Å². The molecule has 1 aliphatic heterocycles. The van der Waals surface area contributed by atoms with Crippen LogP contribution in [0.1, 0.15) is 42.1 Å². The van der Waals surface area contributed by atoms with Gasteiger partial charge < -0.3 is 20.4 Å². The smallest absolute Gasteiger partial charge is 0.253 e. The molecule has 1 aromatic rings. The Hall–Kier alpha value is -2.08. The van der Waals surface area contributed by atoms with E-state index in [1.807, 2.05) is 18.2 Å². The van der Waals surface area contributed by atoms with E-state index in [-0.39, 0.29) is 5.91 Å². The van der Waals surface area contributed by atoms with E-state index in [1.165, 1.54) is 32.4 Å². The third-order valence-corrected chi connectivity index (χ3v) is 5.15. The lowest BCUT2D eigenvalue weighted by Gasteiger charge is -2.29. The second-order valence-corrected chi connectivity index (χ2v) is 8.00. The molecule has 1 aliphatic rings. The maximum Gasteiger partial charge on any atom is 0.253 e. The number of guanidine groups is 1. The normalized spacial score (nSPS) is 16.5. The summed E-state index contributed by atoms with van der Waals surface area (Å²) in [4.78, 5) is 20.6. The predicted octanol–water partition coefficient (Wildman–Crippen LogP) is 2.22. The summed E-state index contributed by atoms with van der Waals surface area (Å²) in [6.45, 7) is 7.63. The summed E-state index contributed by atoms with van der Waals surface area (Å²) in [5.74, 6) is 1.46. The molecule has 6 nitrogen and oxygen atoms in total. The number of carbonyl (C=O) groups is 1. The zero-order valence-electron chi connectivity index (χ0n) is 18.0. The second-order valence-electron chi connectivity index (χ2n) is 8.00. The van der Waals surface area contributed by atoms with Crippen LogP contribution in [-0.2, 0) is 6.42 Å². The first-order valence-corrected chi connectivity index (χ1v) is 10.5. The zero-order valence-corrected chi connectivity index (χ0v) is 18.0. The Bertz CT molecular complexity index is 638. The van der Waals surface area contributed by atoms with Gasteiger partial charge >= 0.3 is 0 Å². The average molecular weight is 388 g/mol. The van der Waals surface area contributed by atoms with Gasteiger partial charge in [0.15, 0.2) is 5.96 Å². The SMILES string of the molecule is CN=C(NCCc1cccc(C(=O)N(C)C)c1)NCC(C)CN1CCCCC1. The maximum absolute atomic E-state index is 12.1. The minimum atomic E-state index is 0.0370. The van der Waals surface area contributed by atoms with E-state index in [1.54, 1.807) is 26.0 Å². The molecule has 156 valence electrons. The number of nitrogens with zero attached hydrogens (tertiary/aromatic N) is 3. The number of hydrogen-bond acceptors (Lipinski definition) is 3. The number of amides is 1. The summed E-state index contributed by atoms with van der Waals surface area (Å²) >= 11 is 0. The van der Waals surface area contributed by atoms with Crippen LogP contribution in [-0.4, -0.2) is 75.5 Å². The quantitative estimate of drug-likeness (QED) is 0.530. The van der Waals surface area contributed by atoms with Gasteiger partial charge in [0, 0.05) is 46.3 Å². The Morgan fingerprint density at radius 1 is 1.21 bits per heavy atom. The van der Waals surface area contributed by atoms with Crippen molar-refractivity contribution in [2.24, 2.45) is 10.9 Å². The van der Waals surface area contributed by atoms with Crippen molar-refractivity contribution in [2.45, 2.75) is 32.6 Å². The molecule has 1 atom stereocenters. The lowest BCUT2D eigenvalue weighted by molar-refractivity contribution is 0.0827. The number of benzene rings is 1. The van der Waals surface area contributed by atoms with Gasteiger partial charge in [-0.15, -0.1) is 0 Å². The molecule has 1 amide bonds. The van der Waals surface area contributed by atoms with Crippen molar-refractivity contribution in [3.05, 3.63) is 35.4 Å². The van der Waals surface area contributed by atoms with Crippen molar-refractivity contribution in [3.63, 3.8) is 0 Å². The first-order chi connectivity index (χ1) is 13.5. The van der Waals surface area contributed by atoms with Gasteiger partial charge in [0.1, 0.15) is 0 Å². The zero-order chi connectivity index (χ0) is 20.4. The Balaban J connectivity index is 1.72. The summed E-state index contributed by atoms with van der Waals surface area (Å²) in [7, 11) is 5.36. The minimum Gasteiger partial charge on any atom is -0.356 e. The highest BCUT2D eigenvalue weighted by Gasteiger charge is 2.13. The molecule has 0 aliphatic carbocycles. The molecule has 0 saturated carbocycles. The fourth-order valence-corrected chi connectivity index (χ4v) is 3.58. The molecule has 0 aromatic heterocycles. The van der Waals surface area contributed by atoms with E-state index in [9.17, 15) is 4.79 Å². The van der Waals surface area contributed by atoms with Gasteiger partial charge in [-0.2, -0.15) is 0 Å². The maximum atomic E-state index is 12.1. The third-order valence-electron chi connectivity index (χ3n) is 5.15. The molecule has 2 rings (SSSR count). The summed E-state index contributed by atoms with van der Waals surface area (Å²) in [5.41, 5.74) is 1.88. The van der Waals surface area contributed by atoms with Gasteiger partial charge in [0.25, 0.3) is 5.91 Å². The molecule has 1 fully saturated rings. The van der Waals surface area contributed by atoms with Crippen molar-refractivity contribution in [1.82, 2.24) is 20.4 Å². The highest BCUT2D eigenvalue weighted by Crippen LogP contribution is 2.10. The molecule has 1 heterocycles. The number of likely N-dealkylation sites (tertiary alicyclic amines) is 1. The van der Waals surface area contributed by atoms with Crippen LogP contribution in [0.4, 0.5) is 0 Å². The van der Waals surface area contributed by atoms with Crippen molar-refractivity contribution in [3.8, 4) is 0 Å². The Morgan fingerprint density at radius 2 is 1.96 bits per heavy atom. The molecule has 1 aromatic carbocycles. The summed E-state index contributed by atoms with van der Waals surface area (Å²) in [6.07, 6.45) is 4.90. The van der Waals surface area contributed by atoms with Gasteiger partial charge in [-0.3, -0.25) is 9.79 Å². The number of nitrogens with one attached hydrogen (secondary N) is 2. The molecule has 0 spiro atoms. The van der Waals surface area contributed by atoms with Crippen molar-refractivity contribution in [2.75, 3.05) is 53.9 Å².